The average molecular weight is 512 g/mol. The lowest BCUT2D eigenvalue weighted by Gasteiger charge is -2.29. The topological polar surface area (TPSA) is 104 Å². The van der Waals surface area contributed by atoms with Crippen molar-refractivity contribution in [2.75, 3.05) is 5.75 Å². The van der Waals surface area contributed by atoms with E-state index < -0.39 is 91.2 Å². The number of aliphatic hydroxyl groups excluding tert-OH is 1. The Morgan fingerprint density at radius 2 is 1.77 bits per heavy atom. The maximum atomic E-state index is 15.8. The van der Waals surface area contributed by atoms with Crippen LogP contribution in [-0.4, -0.2) is 38.9 Å². The zero-order valence-corrected chi connectivity index (χ0v) is 18.3. The molecule has 0 fully saturated rings. The summed E-state index contributed by atoms with van der Waals surface area (Å²) < 4.78 is 79.5. The fourth-order valence-electron chi connectivity index (χ4n) is 3.62. The number of hydrogen-bond acceptors (Lipinski definition) is 6. The minimum absolute atomic E-state index is 0.267. The number of ether oxygens (including phenoxy) is 1. The van der Waals surface area contributed by atoms with Crippen molar-refractivity contribution in [1.29, 1.82) is 0 Å². The molecule has 6 nitrogen and oxygen atoms in total. The minimum atomic E-state index is -2.09. The third-order valence-corrected chi connectivity index (χ3v) is 6.31. The van der Waals surface area contributed by atoms with Crippen molar-refractivity contribution in [3.63, 3.8) is 0 Å². The van der Waals surface area contributed by atoms with Crippen LogP contribution in [0.4, 0.5) is 22.0 Å². The van der Waals surface area contributed by atoms with Crippen LogP contribution in [0.25, 0.3) is 5.57 Å². The third-order valence-electron chi connectivity index (χ3n) is 5.11. The molecule has 1 atom stereocenters. The van der Waals surface area contributed by atoms with Gasteiger partial charge >= 0.3 is 5.97 Å². The summed E-state index contributed by atoms with van der Waals surface area (Å²) in [5.74, 6) is -12.6. The predicted octanol–water partition coefficient (Wildman–Crippen LogP) is 4.63. The normalized spacial score (nSPS) is 16.7. The Balaban J connectivity index is 2.17. The van der Waals surface area contributed by atoms with Crippen LogP contribution in [0.15, 0.2) is 46.3 Å². The number of rotatable bonds is 5. The molecule has 1 aliphatic carbocycles. The summed E-state index contributed by atoms with van der Waals surface area (Å²) in [6.07, 6.45) is -0.323. The summed E-state index contributed by atoms with van der Waals surface area (Å²) >= 11 is 0.267. The van der Waals surface area contributed by atoms with Gasteiger partial charge in [-0.3, -0.25) is 4.79 Å². The van der Waals surface area contributed by atoms with Crippen molar-refractivity contribution < 1.29 is 51.6 Å². The maximum Gasteiger partial charge on any atom is 0.339 e. The van der Waals surface area contributed by atoms with E-state index >= 15 is 4.39 Å². The lowest BCUT2D eigenvalue weighted by molar-refractivity contribution is -0.114. The highest BCUT2D eigenvalue weighted by atomic mass is 32.2. The summed E-state index contributed by atoms with van der Waals surface area (Å²) in [5, 5.41) is 29.2. The molecule has 0 saturated carbocycles. The van der Waals surface area contributed by atoms with Crippen LogP contribution < -0.4 is 4.74 Å². The number of phenolic OH excluding ortho intramolecular Hbond substituents is 1. The van der Waals surface area contributed by atoms with Crippen LogP contribution >= 0.6 is 11.8 Å². The number of Topliss-reactive ketones (excluding diaryl/α,β-unsaturated/α-hetero) is 1. The van der Waals surface area contributed by atoms with Gasteiger partial charge in [-0.1, -0.05) is 0 Å². The van der Waals surface area contributed by atoms with Gasteiger partial charge in [-0.05, 0) is 25.1 Å². The van der Waals surface area contributed by atoms with Gasteiger partial charge < -0.3 is 20.1 Å². The van der Waals surface area contributed by atoms with Gasteiger partial charge in [0.25, 0.3) is 0 Å². The van der Waals surface area contributed by atoms with Crippen molar-refractivity contribution in [2.45, 2.75) is 17.9 Å². The number of carbonyl (C=O) groups is 2. The van der Waals surface area contributed by atoms with Crippen LogP contribution in [0, 0.1) is 23.3 Å². The van der Waals surface area contributed by atoms with Gasteiger partial charge in [0, 0.05) is 28.3 Å². The number of carboxylic acid groups (broad SMARTS) is 1. The third kappa shape index (κ3) is 4.08. The summed E-state index contributed by atoms with van der Waals surface area (Å²) in [4.78, 5) is 22.3. The molecular weight excluding hydrogens is 499 g/mol. The van der Waals surface area contributed by atoms with E-state index in [1.165, 1.54) is 0 Å². The van der Waals surface area contributed by atoms with Crippen LogP contribution in [0.5, 0.6) is 11.5 Å². The van der Waals surface area contributed by atoms with E-state index in [0.717, 1.165) is 19.1 Å². The number of phenols is 1. The number of carbonyl (C=O) groups excluding carboxylic acids is 1. The highest BCUT2D eigenvalue weighted by molar-refractivity contribution is 8.00. The van der Waals surface area contributed by atoms with E-state index in [0.29, 0.717) is 12.1 Å². The van der Waals surface area contributed by atoms with Crippen molar-refractivity contribution in [3.8, 4) is 11.5 Å². The number of halogens is 5. The molecule has 1 aliphatic heterocycles. The minimum Gasteiger partial charge on any atom is -0.505 e. The molecule has 0 bridgehead atoms. The van der Waals surface area contributed by atoms with Gasteiger partial charge in [-0.15, -0.1) is 11.8 Å². The van der Waals surface area contributed by atoms with Gasteiger partial charge in [-0.2, -0.15) is 0 Å². The second-order valence-electron chi connectivity index (χ2n) is 7.51. The van der Waals surface area contributed by atoms with Crippen LogP contribution in [0.2, 0.25) is 0 Å². The Kier molecular flexibility index (Phi) is 6.20. The molecular formula is C23H13F5O6S. The van der Waals surface area contributed by atoms with Crippen molar-refractivity contribution in [2.24, 2.45) is 0 Å². The molecule has 0 aromatic heterocycles. The molecule has 3 N–H and O–H groups in total. The van der Waals surface area contributed by atoms with E-state index in [-0.39, 0.29) is 23.3 Å². The Morgan fingerprint density at radius 1 is 1.09 bits per heavy atom. The molecule has 182 valence electrons. The molecule has 2 aliphatic rings. The number of thioether (sulfide) groups is 1. The Hall–Kier alpha value is -3.64. The van der Waals surface area contributed by atoms with Crippen molar-refractivity contribution in [3.05, 3.63) is 81.4 Å². The molecule has 2 aromatic rings. The second-order valence-corrected chi connectivity index (χ2v) is 8.50. The molecule has 0 saturated heterocycles. The number of hydrogen-bond donors (Lipinski definition) is 3. The molecule has 0 radical (unpaired) electrons. The molecule has 4 rings (SSSR count). The van der Waals surface area contributed by atoms with Gasteiger partial charge in [0.15, 0.2) is 23.2 Å². The van der Waals surface area contributed by atoms with E-state index in [1.54, 1.807) is 0 Å². The molecule has 0 amide bonds. The standard InChI is InChI=1S/C23H13F5O6S/c1-7(29)6-35-22-20(27)17(18(23(32)33)19(26)21(22)28)16-8-2-10(24)12(30)4-14(8)34-15-5-13(31)11(25)3-9(15)16/h2-5,12,30-31H,6H2,1H3,(H,32,33). The number of aromatic hydroxyl groups is 1. The van der Waals surface area contributed by atoms with Crippen molar-refractivity contribution >= 4 is 29.1 Å². The zero-order chi connectivity index (χ0) is 25.8. The smallest absolute Gasteiger partial charge is 0.339 e. The van der Waals surface area contributed by atoms with E-state index in [2.05, 4.69) is 0 Å². The number of allylic oxidation sites excluding steroid dienone is 1. The molecule has 1 heterocycles. The SMILES string of the molecule is CC(=O)CSc1c(F)c(F)c(C(=O)O)c(C2=C3C=C(F)C(O)C=C3Oc3cc(O)c(F)cc32)c1F. The largest absolute Gasteiger partial charge is 0.505 e. The fraction of sp³-hybridized carbons (Fsp3) is 0.130. The number of aliphatic hydroxyl groups is 1. The lowest BCUT2D eigenvalue weighted by atomic mass is 9.84. The van der Waals surface area contributed by atoms with Crippen LogP contribution in [-0.2, 0) is 4.79 Å². The van der Waals surface area contributed by atoms with Gasteiger partial charge in [-0.25, -0.2) is 26.7 Å². The van der Waals surface area contributed by atoms with E-state index in [9.17, 15) is 42.5 Å². The highest BCUT2D eigenvalue weighted by Gasteiger charge is 2.37. The summed E-state index contributed by atoms with van der Waals surface area (Å²) in [5.41, 5.74) is -3.96. The number of fused-ring (bicyclic) bond motifs is 2. The van der Waals surface area contributed by atoms with Crippen LogP contribution in [0.1, 0.15) is 28.4 Å². The van der Waals surface area contributed by atoms with E-state index in [1.807, 2.05) is 0 Å². The molecule has 35 heavy (non-hydrogen) atoms. The monoisotopic (exact) mass is 512 g/mol. The molecule has 12 heteroatoms. The Bertz CT molecular complexity index is 1410. The van der Waals surface area contributed by atoms with Crippen molar-refractivity contribution in [1.82, 2.24) is 0 Å². The second kappa shape index (κ2) is 8.86. The average Bonchev–Trinajstić information content (AvgIpc) is 2.77. The van der Waals surface area contributed by atoms with Gasteiger partial charge in [0.1, 0.15) is 40.6 Å². The summed E-state index contributed by atoms with van der Waals surface area (Å²) in [6.45, 7) is 1.11. The van der Waals surface area contributed by atoms with Crippen LogP contribution in [0.3, 0.4) is 0 Å². The predicted molar refractivity (Wildman–Crippen MR) is 113 cm³/mol. The maximum absolute atomic E-state index is 15.8. The first-order valence-electron chi connectivity index (χ1n) is 9.71. The molecule has 1 unspecified atom stereocenters. The first kappa shape index (κ1) is 24.5. The fourth-order valence-corrected chi connectivity index (χ4v) is 4.41. The highest BCUT2D eigenvalue weighted by Crippen LogP contribution is 2.48. The first-order chi connectivity index (χ1) is 16.4. The number of benzene rings is 2. The number of carboxylic acids is 1. The Labute approximate surface area is 197 Å². The first-order valence-corrected chi connectivity index (χ1v) is 10.7. The quantitative estimate of drug-likeness (QED) is 0.305. The number of ketones is 1. The zero-order valence-electron chi connectivity index (χ0n) is 17.5. The summed E-state index contributed by atoms with van der Waals surface area (Å²) in [7, 11) is 0. The van der Waals surface area contributed by atoms with Gasteiger partial charge in [0.2, 0.25) is 0 Å². The van der Waals surface area contributed by atoms with E-state index in [4.69, 9.17) is 4.74 Å². The summed E-state index contributed by atoms with van der Waals surface area (Å²) in [6, 6.07) is 1.38. The van der Waals surface area contributed by atoms with Gasteiger partial charge in [0.05, 0.1) is 10.6 Å². The molecule has 0 spiro atoms. The number of aromatic carboxylic acids is 1. The lowest BCUT2D eigenvalue weighted by Crippen LogP contribution is -2.20. The molecule has 2 aromatic carbocycles. The Morgan fingerprint density at radius 3 is 2.40 bits per heavy atom.